The van der Waals surface area contributed by atoms with Gasteiger partial charge in [0.2, 0.25) is 10.0 Å². The molecule has 0 bridgehead atoms. The first-order chi connectivity index (χ1) is 9.53. The molecule has 0 aliphatic carbocycles. The molecule has 2 rings (SSSR count). The molecule has 1 N–H and O–H groups in total. The average Bonchev–Trinajstić information content (AvgIpc) is 2.46. The third-order valence-electron chi connectivity index (χ3n) is 4.85. The molecule has 0 saturated carbocycles. The van der Waals surface area contributed by atoms with Crippen LogP contribution in [-0.2, 0) is 10.0 Å². The minimum atomic E-state index is -3.06. The number of rotatable bonds is 5. The van der Waals surface area contributed by atoms with Crippen molar-refractivity contribution in [2.75, 3.05) is 45.5 Å². The number of nitrogens with zero attached hydrogens (tertiary/aromatic N) is 2. The summed E-state index contributed by atoms with van der Waals surface area (Å²) in [4.78, 5) is 2.28. The molecule has 2 aliphatic heterocycles. The lowest BCUT2D eigenvalue weighted by Crippen LogP contribution is -2.53. The van der Waals surface area contributed by atoms with E-state index in [0.717, 1.165) is 45.3 Å². The molecular formula is C14H29N3O2S. The minimum Gasteiger partial charge on any atom is -0.317 e. The molecule has 1 atom stereocenters. The molecule has 118 valence electrons. The van der Waals surface area contributed by atoms with Crippen molar-refractivity contribution in [3.05, 3.63) is 0 Å². The van der Waals surface area contributed by atoms with E-state index in [4.69, 9.17) is 0 Å². The molecule has 5 nitrogen and oxygen atoms in total. The van der Waals surface area contributed by atoms with E-state index in [1.807, 2.05) is 0 Å². The van der Waals surface area contributed by atoms with Gasteiger partial charge < -0.3 is 10.2 Å². The molecule has 1 unspecified atom stereocenters. The highest BCUT2D eigenvalue weighted by molar-refractivity contribution is 7.89. The zero-order chi connectivity index (χ0) is 14.6. The van der Waals surface area contributed by atoms with Crippen LogP contribution in [0.4, 0.5) is 0 Å². The Hall–Kier alpha value is -0.170. The Labute approximate surface area is 123 Å². The van der Waals surface area contributed by atoms with Gasteiger partial charge in [-0.25, -0.2) is 8.42 Å². The van der Waals surface area contributed by atoms with Gasteiger partial charge in [0.15, 0.2) is 0 Å². The third kappa shape index (κ3) is 4.16. The lowest BCUT2D eigenvalue weighted by Gasteiger charge is -2.38. The highest BCUT2D eigenvalue weighted by Crippen LogP contribution is 2.20. The summed E-state index contributed by atoms with van der Waals surface area (Å²) in [7, 11) is -0.972. The maximum absolute atomic E-state index is 12.5. The lowest BCUT2D eigenvalue weighted by molar-refractivity contribution is 0.144. The van der Waals surface area contributed by atoms with Gasteiger partial charge in [-0.15, -0.1) is 0 Å². The first kappa shape index (κ1) is 16.2. The standard InChI is InChI=1S/C14H29N3O2S/c1-3-14-12-17(10-9-16(14)2)20(18,19)11-6-13-4-7-15-8-5-13/h13-15H,3-12H2,1-2H3. The fourth-order valence-electron chi connectivity index (χ4n) is 3.23. The Bertz CT molecular complexity index is 393. The zero-order valence-electron chi connectivity index (χ0n) is 12.8. The van der Waals surface area contributed by atoms with Gasteiger partial charge >= 0.3 is 0 Å². The summed E-state index contributed by atoms with van der Waals surface area (Å²) in [5.74, 6) is 0.915. The van der Waals surface area contributed by atoms with Gasteiger partial charge in [0.1, 0.15) is 0 Å². The first-order valence-corrected chi connectivity index (χ1v) is 9.52. The van der Waals surface area contributed by atoms with Crippen LogP contribution in [0.15, 0.2) is 0 Å². The van der Waals surface area contributed by atoms with Crippen molar-refractivity contribution in [2.45, 2.75) is 38.6 Å². The Morgan fingerprint density at radius 1 is 1.20 bits per heavy atom. The van der Waals surface area contributed by atoms with E-state index in [0.29, 0.717) is 30.8 Å². The van der Waals surface area contributed by atoms with Crippen LogP contribution in [0.25, 0.3) is 0 Å². The van der Waals surface area contributed by atoms with E-state index in [9.17, 15) is 8.42 Å². The van der Waals surface area contributed by atoms with Crippen LogP contribution in [0.3, 0.4) is 0 Å². The van der Waals surface area contributed by atoms with Crippen LogP contribution in [0.1, 0.15) is 32.6 Å². The number of piperidine rings is 1. The van der Waals surface area contributed by atoms with Crippen molar-refractivity contribution in [3.8, 4) is 0 Å². The number of hydrogen-bond acceptors (Lipinski definition) is 4. The maximum Gasteiger partial charge on any atom is 0.214 e. The summed E-state index contributed by atoms with van der Waals surface area (Å²) in [5, 5.41) is 3.33. The quantitative estimate of drug-likeness (QED) is 0.814. The molecular weight excluding hydrogens is 274 g/mol. The van der Waals surface area contributed by atoms with Crippen molar-refractivity contribution < 1.29 is 8.42 Å². The zero-order valence-corrected chi connectivity index (χ0v) is 13.7. The predicted octanol–water partition coefficient (Wildman–Crippen LogP) is 0.732. The molecule has 2 saturated heterocycles. The van der Waals surface area contributed by atoms with Crippen LogP contribution in [0.5, 0.6) is 0 Å². The summed E-state index contributed by atoms with van der Waals surface area (Å²) in [6.07, 6.45) is 4.08. The van der Waals surface area contributed by atoms with Gasteiger partial charge in [-0.3, -0.25) is 0 Å². The second kappa shape index (κ2) is 7.20. The molecule has 0 aromatic carbocycles. The van der Waals surface area contributed by atoms with E-state index in [2.05, 4.69) is 24.2 Å². The lowest BCUT2D eigenvalue weighted by atomic mass is 9.96. The molecule has 2 aliphatic rings. The first-order valence-electron chi connectivity index (χ1n) is 7.91. The van der Waals surface area contributed by atoms with Crippen molar-refractivity contribution in [1.82, 2.24) is 14.5 Å². The Morgan fingerprint density at radius 2 is 1.90 bits per heavy atom. The van der Waals surface area contributed by atoms with Gasteiger partial charge in [0.05, 0.1) is 5.75 Å². The smallest absolute Gasteiger partial charge is 0.214 e. The van der Waals surface area contributed by atoms with Crippen LogP contribution in [0.2, 0.25) is 0 Å². The number of piperazine rings is 1. The second-order valence-corrected chi connectivity index (χ2v) is 8.29. The van der Waals surface area contributed by atoms with Gasteiger partial charge in [-0.2, -0.15) is 4.31 Å². The maximum atomic E-state index is 12.5. The number of likely N-dealkylation sites (N-methyl/N-ethyl adjacent to an activating group) is 1. The van der Waals surface area contributed by atoms with Crippen LogP contribution in [0, 0.1) is 5.92 Å². The monoisotopic (exact) mass is 303 g/mol. The third-order valence-corrected chi connectivity index (χ3v) is 6.72. The van der Waals surface area contributed by atoms with Crippen molar-refractivity contribution in [3.63, 3.8) is 0 Å². The summed E-state index contributed by atoms with van der Waals surface area (Å²) < 4.78 is 26.7. The Balaban J connectivity index is 1.86. The molecule has 6 heteroatoms. The highest BCUT2D eigenvalue weighted by atomic mass is 32.2. The molecule has 0 aromatic heterocycles. The van der Waals surface area contributed by atoms with Gasteiger partial charge in [-0.1, -0.05) is 6.92 Å². The molecule has 0 amide bonds. The van der Waals surface area contributed by atoms with E-state index >= 15 is 0 Å². The average molecular weight is 303 g/mol. The Morgan fingerprint density at radius 3 is 2.55 bits per heavy atom. The number of hydrogen-bond donors (Lipinski definition) is 1. The predicted molar refractivity (Wildman–Crippen MR) is 82.3 cm³/mol. The highest BCUT2D eigenvalue weighted by Gasteiger charge is 2.31. The molecule has 20 heavy (non-hydrogen) atoms. The van der Waals surface area contributed by atoms with Crippen LogP contribution >= 0.6 is 0 Å². The summed E-state index contributed by atoms with van der Waals surface area (Å²) in [6, 6.07) is 0.373. The Kier molecular flexibility index (Phi) is 5.84. The second-order valence-electron chi connectivity index (χ2n) is 6.20. The summed E-state index contributed by atoms with van der Waals surface area (Å²) >= 11 is 0. The fourth-order valence-corrected chi connectivity index (χ4v) is 4.87. The minimum absolute atomic E-state index is 0.331. The number of nitrogens with one attached hydrogen (secondary N) is 1. The molecule has 0 spiro atoms. The van der Waals surface area contributed by atoms with Crippen molar-refractivity contribution in [2.24, 2.45) is 5.92 Å². The molecule has 2 fully saturated rings. The topological polar surface area (TPSA) is 52.7 Å². The molecule has 2 heterocycles. The molecule has 0 radical (unpaired) electrons. The SMILES string of the molecule is CCC1CN(S(=O)(=O)CCC2CCNCC2)CCN1C. The largest absolute Gasteiger partial charge is 0.317 e. The van der Waals surface area contributed by atoms with Crippen molar-refractivity contribution >= 4 is 10.0 Å². The van der Waals surface area contributed by atoms with Crippen molar-refractivity contribution in [1.29, 1.82) is 0 Å². The molecule has 0 aromatic rings. The summed E-state index contributed by atoms with van der Waals surface area (Å²) in [5.41, 5.74) is 0. The van der Waals surface area contributed by atoms with Gasteiger partial charge in [0, 0.05) is 25.7 Å². The fraction of sp³-hybridized carbons (Fsp3) is 1.00. The normalized spacial score (nSPS) is 27.8. The van der Waals surface area contributed by atoms with Crippen LogP contribution < -0.4 is 5.32 Å². The van der Waals surface area contributed by atoms with Gasteiger partial charge in [-0.05, 0) is 51.7 Å². The van der Waals surface area contributed by atoms with E-state index in [1.54, 1.807) is 4.31 Å². The van der Waals surface area contributed by atoms with Gasteiger partial charge in [0.25, 0.3) is 0 Å². The van der Waals surface area contributed by atoms with E-state index < -0.39 is 10.0 Å². The van der Waals surface area contributed by atoms with E-state index in [1.165, 1.54) is 0 Å². The number of sulfonamides is 1. The summed E-state index contributed by atoms with van der Waals surface area (Å²) in [6.45, 7) is 6.38. The van der Waals surface area contributed by atoms with E-state index in [-0.39, 0.29) is 0 Å². The van der Waals surface area contributed by atoms with Crippen LogP contribution in [-0.4, -0.2) is 69.2 Å².